The van der Waals surface area contributed by atoms with E-state index in [0.717, 1.165) is 5.56 Å². The lowest BCUT2D eigenvalue weighted by Crippen LogP contribution is -2.45. The van der Waals surface area contributed by atoms with E-state index in [4.69, 9.17) is 5.73 Å². The van der Waals surface area contributed by atoms with Crippen molar-refractivity contribution < 1.29 is 14.0 Å². The third-order valence-electron chi connectivity index (χ3n) is 3.56. The third-order valence-corrected chi connectivity index (χ3v) is 3.56. The molecule has 4 N–H and O–H groups in total. The van der Waals surface area contributed by atoms with Crippen molar-refractivity contribution in [1.29, 1.82) is 0 Å². The van der Waals surface area contributed by atoms with Gasteiger partial charge in [-0.1, -0.05) is 20.8 Å². The summed E-state index contributed by atoms with van der Waals surface area (Å²) in [4.78, 5) is 23.4. The molecule has 5 nitrogen and oxygen atoms in total. The highest BCUT2D eigenvalue weighted by Crippen LogP contribution is 2.29. The zero-order valence-corrected chi connectivity index (χ0v) is 13.6. The third kappa shape index (κ3) is 3.96. The van der Waals surface area contributed by atoms with Crippen LogP contribution in [0.2, 0.25) is 0 Å². The van der Waals surface area contributed by atoms with Crippen LogP contribution in [-0.2, 0) is 16.0 Å². The van der Waals surface area contributed by atoms with E-state index in [1.165, 1.54) is 12.1 Å². The summed E-state index contributed by atoms with van der Waals surface area (Å²) in [5.41, 5.74) is 6.71. The van der Waals surface area contributed by atoms with Crippen molar-refractivity contribution in [3.05, 3.63) is 23.5 Å². The fraction of sp³-hybridized carbons (Fsp3) is 0.467. The number of carbonyl (C=O) groups excluding carboxylic acids is 2. The molecule has 0 radical (unpaired) electrons. The molecule has 122 valence electrons. The number of hydrogen-bond donors (Lipinski definition) is 3. The van der Waals surface area contributed by atoms with Crippen LogP contribution in [-0.4, -0.2) is 17.9 Å². The number of carbonyl (C=O) groups is 2. The maximum Gasteiger partial charge on any atom is 0.241 e. The Morgan fingerprint density at radius 2 is 2.00 bits per heavy atom. The van der Waals surface area contributed by atoms with Gasteiger partial charge in [-0.3, -0.25) is 9.59 Å². The first kappa shape index (κ1) is 18.4. The SMILES string of the molecule is CC(C)(C)[C@H](N)C(=O)Nc1cc2c(cc1F)CCC(=O)N2.Cl. The molecule has 22 heavy (non-hydrogen) atoms. The molecule has 0 fully saturated rings. The number of halogens is 2. The second-order valence-electron chi connectivity index (χ2n) is 6.37. The minimum absolute atomic E-state index is 0. The minimum atomic E-state index is -0.762. The summed E-state index contributed by atoms with van der Waals surface area (Å²) in [6.07, 6.45) is 0.834. The zero-order chi connectivity index (χ0) is 15.8. The molecule has 0 spiro atoms. The normalized spacial score (nSPS) is 15.2. The average molecular weight is 330 g/mol. The smallest absolute Gasteiger partial charge is 0.241 e. The molecule has 1 heterocycles. The van der Waals surface area contributed by atoms with Crippen LogP contribution in [0.3, 0.4) is 0 Å². The molecule has 0 saturated carbocycles. The van der Waals surface area contributed by atoms with Crippen LogP contribution in [0.25, 0.3) is 0 Å². The number of fused-ring (bicyclic) bond motifs is 1. The number of anilines is 2. The van der Waals surface area contributed by atoms with Crippen LogP contribution < -0.4 is 16.4 Å². The molecule has 1 aromatic rings. The maximum atomic E-state index is 14.0. The van der Waals surface area contributed by atoms with Gasteiger partial charge in [-0.15, -0.1) is 12.4 Å². The summed E-state index contributed by atoms with van der Waals surface area (Å²) in [6, 6.07) is 2.02. The number of benzene rings is 1. The summed E-state index contributed by atoms with van der Waals surface area (Å²) >= 11 is 0. The van der Waals surface area contributed by atoms with Crippen LogP contribution in [0.4, 0.5) is 15.8 Å². The summed E-state index contributed by atoms with van der Waals surface area (Å²) < 4.78 is 14.0. The van der Waals surface area contributed by atoms with Gasteiger partial charge in [0.05, 0.1) is 11.7 Å². The minimum Gasteiger partial charge on any atom is -0.326 e. The van der Waals surface area contributed by atoms with Gasteiger partial charge in [0.25, 0.3) is 0 Å². The Bertz CT molecular complexity index is 599. The lowest BCUT2D eigenvalue weighted by atomic mass is 9.87. The molecule has 1 aliphatic heterocycles. The average Bonchev–Trinajstić information content (AvgIpc) is 2.38. The van der Waals surface area contributed by atoms with Crippen LogP contribution in [0, 0.1) is 11.2 Å². The van der Waals surface area contributed by atoms with Crippen molar-refractivity contribution in [2.45, 2.75) is 39.7 Å². The van der Waals surface area contributed by atoms with Crippen molar-refractivity contribution in [2.75, 3.05) is 10.6 Å². The largest absolute Gasteiger partial charge is 0.326 e. The van der Waals surface area contributed by atoms with Gasteiger partial charge < -0.3 is 16.4 Å². The number of nitrogens with two attached hydrogens (primary N) is 1. The molecule has 0 aliphatic carbocycles. The number of nitrogens with one attached hydrogen (secondary N) is 2. The summed E-state index contributed by atoms with van der Waals surface area (Å²) in [5, 5.41) is 5.16. The van der Waals surface area contributed by atoms with Gasteiger partial charge in [0.2, 0.25) is 11.8 Å². The van der Waals surface area contributed by atoms with Gasteiger partial charge in [-0.2, -0.15) is 0 Å². The molecule has 1 aliphatic rings. The highest BCUT2D eigenvalue weighted by Gasteiger charge is 2.28. The number of amides is 2. The van der Waals surface area contributed by atoms with Gasteiger partial charge in [0.1, 0.15) is 5.82 Å². The molecule has 2 rings (SSSR count). The van der Waals surface area contributed by atoms with E-state index in [-0.39, 0.29) is 24.0 Å². The van der Waals surface area contributed by atoms with Crippen LogP contribution in [0.1, 0.15) is 32.8 Å². The lowest BCUT2D eigenvalue weighted by molar-refractivity contribution is -0.119. The summed E-state index contributed by atoms with van der Waals surface area (Å²) in [5.74, 6) is -1.10. The quantitative estimate of drug-likeness (QED) is 0.779. The lowest BCUT2D eigenvalue weighted by Gasteiger charge is -2.26. The second kappa shape index (κ2) is 6.62. The van der Waals surface area contributed by atoms with Gasteiger partial charge >= 0.3 is 0 Å². The predicted octanol–water partition coefficient (Wildman–Crippen LogP) is 2.44. The van der Waals surface area contributed by atoms with Crippen LogP contribution in [0.5, 0.6) is 0 Å². The standard InChI is InChI=1S/C15H20FN3O2.ClH/c1-15(2,3)13(17)14(21)19-11-7-10-8(6-9(11)16)4-5-12(20)18-10;/h6-7,13H,4-5,17H2,1-3H3,(H,18,20)(H,19,21);1H/t13-;/m1./s1. The monoisotopic (exact) mass is 329 g/mol. The Kier molecular flexibility index (Phi) is 5.54. The van der Waals surface area contributed by atoms with Crippen molar-refractivity contribution in [3.8, 4) is 0 Å². The highest BCUT2D eigenvalue weighted by molar-refractivity contribution is 5.98. The van der Waals surface area contributed by atoms with Crippen LogP contribution in [0.15, 0.2) is 12.1 Å². The Labute approximate surface area is 135 Å². The molecule has 7 heteroatoms. The van der Waals surface area contributed by atoms with Crippen LogP contribution >= 0.6 is 12.4 Å². The zero-order valence-electron chi connectivity index (χ0n) is 12.8. The van der Waals surface area contributed by atoms with Gasteiger partial charge in [-0.25, -0.2) is 4.39 Å². The number of rotatable bonds is 2. The second-order valence-corrected chi connectivity index (χ2v) is 6.37. The Balaban J connectivity index is 0.00000242. The Hall–Kier alpha value is -1.66. The van der Waals surface area contributed by atoms with Gasteiger partial charge in [-0.05, 0) is 29.5 Å². The summed E-state index contributed by atoms with van der Waals surface area (Å²) in [7, 11) is 0. The topological polar surface area (TPSA) is 84.2 Å². The summed E-state index contributed by atoms with van der Waals surface area (Å²) in [6.45, 7) is 5.50. The van der Waals surface area contributed by atoms with Crippen molar-refractivity contribution in [3.63, 3.8) is 0 Å². The molecule has 1 atom stereocenters. The van der Waals surface area contributed by atoms with Gasteiger partial charge in [0.15, 0.2) is 0 Å². The van der Waals surface area contributed by atoms with Crippen molar-refractivity contribution in [2.24, 2.45) is 11.1 Å². The Morgan fingerprint density at radius 1 is 1.36 bits per heavy atom. The molecular weight excluding hydrogens is 309 g/mol. The molecule has 1 aromatic carbocycles. The van der Waals surface area contributed by atoms with Crippen molar-refractivity contribution in [1.82, 2.24) is 0 Å². The van der Waals surface area contributed by atoms with E-state index in [1.807, 2.05) is 20.8 Å². The number of hydrogen-bond acceptors (Lipinski definition) is 3. The molecule has 2 amide bonds. The fourth-order valence-electron chi connectivity index (χ4n) is 2.10. The van der Waals surface area contributed by atoms with E-state index in [9.17, 15) is 14.0 Å². The molecule has 0 unspecified atom stereocenters. The first-order chi connectivity index (χ1) is 9.68. The van der Waals surface area contributed by atoms with E-state index in [1.54, 1.807) is 0 Å². The maximum absolute atomic E-state index is 14.0. The molecular formula is C15H21ClFN3O2. The molecule has 0 aromatic heterocycles. The highest BCUT2D eigenvalue weighted by atomic mass is 35.5. The Morgan fingerprint density at radius 3 is 2.59 bits per heavy atom. The van der Waals surface area contributed by atoms with E-state index >= 15 is 0 Å². The first-order valence-corrected chi connectivity index (χ1v) is 6.87. The fourth-order valence-corrected chi connectivity index (χ4v) is 2.10. The predicted molar refractivity (Wildman–Crippen MR) is 86.7 cm³/mol. The molecule has 0 saturated heterocycles. The first-order valence-electron chi connectivity index (χ1n) is 6.87. The van der Waals surface area contributed by atoms with E-state index < -0.39 is 23.2 Å². The van der Waals surface area contributed by atoms with E-state index in [2.05, 4.69) is 10.6 Å². The van der Waals surface area contributed by atoms with Crippen molar-refractivity contribution >= 4 is 35.6 Å². The number of aryl methyl sites for hydroxylation is 1. The molecule has 0 bridgehead atoms. The van der Waals surface area contributed by atoms with E-state index in [0.29, 0.717) is 18.5 Å². The van der Waals surface area contributed by atoms with Gasteiger partial charge in [0, 0.05) is 12.1 Å².